The van der Waals surface area contributed by atoms with Crippen molar-refractivity contribution in [3.8, 4) is 0 Å². The van der Waals surface area contributed by atoms with Crippen molar-refractivity contribution in [2.75, 3.05) is 11.4 Å². The lowest BCUT2D eigenvalue weighted by atomic mass is 10.1. The number of anilines is 1. The Morgan fingerprint density at radius 3 is 2.36 bits per heavy atom. The topological polar surface area (TPSA) is 70.5 Å². The number of pyridine rings is 1. The Labute approximate surface area is 128 Å². The summed E-state index contributed by atoms with van der Waals surface area (Å²) in [6.45, 7) is 0.248. The van der Waals surface area contributed by atoms with Crippen LogP contribution in [0, 0.1) is 5.92 Å². The molecule has 5 heteroatoms. The molecule has 2 aromatic rings. The molecule has 1 aliphatic heterocycles. The Kier molecular flexibility index (Phi) is 3.87. The third kappa shape index (κ3) is 2.98. The molecule has 22 heavy (non-hydrogen) atoms. The number of aromatic nitrogens is 1. The Bertz CT molecular complexity index is 683. The summed E-state index contributed by atoms with van der Waals surface area (Å²) >= 11 is 0. The van der Waals surface area contributed by atoms with E-state index in [2.05, 4.69) is 4.98 Å². The van der Waals surface area contributed by atoms with E-state index in [1.807, 2.05) is 36.4 Å². The summed E-state index contributed by atoms with van der Waals surface area (Å²) in [4.78, 5) is 28.5. The summed E-state index contributed by atoms with van der Waals surface area (Å²) in [6, 6.07) is 11.6. The van der Waals surface area contributed by atoms with E-state index in [1.54, 1.807) is 17.3 Å². The van der Waals surface area contributed by atoms with Gasteiger partial charge in [0, 0.05) is 31.0 Å². The third-order valence-corrected chi connectivity index (χ3v) is 3.88. The Hall–Kier alpha value is -2.69. The summed E-state index contributed by atoms with van der Waals surface area (Å²) < 4.78 is 0. The SMILES string of the molecule is O=C(O)[C@@H]1CC(=O)N(c2ccc(Cc3ccncc3)cc2)C1. The van der Waals surface area contributed by atoms with Crippen LogP contribution in [-0.2, 0) is 16.0 Å². The Morgan fingerprint density at radius 2 is 1.77 bits per heavy atom. The minimum absolute atomic E-state index is 0.0775. The number of carboxylic acids is 1. The monoisotopic (exact) mass is 296 g/mol. The van der Waals surface area contributed by atoms with E-state index in [9.17, 15) is 9.59 Å². The minimum atomic E-state index is -0.912. The summed E-state index contributed by atoms with van der Waals surface area (Å²) in [7, 11) is 0. The van der Waals surface area contributed by atoms with Crippen molar-refractivity contribution in [1.82, 2.24) is 4.98 Å². The normalized spacial score (nSPS) is 17.7. The van der Waals surface area contributed by atoms with Crippen molar-refractivity contribution in [3.05, 3.63) is 59.9 Å². The molecule has 5 nitrogen and oxygen atoms in total. The molecular weight excluding hydrogens is 280 g/mol. The molecule has 1 fully saturated rings. The van der Waals surface area contributed by atoms with E-state index in [0.29, 0.717) is 0 Å². The van der Waals surface area contributed by atoms with Gasteiger partial charge in [-0.2, -0.15) is 0 Å². The van der Waals surface area contributed by atoms with Crippen molar-refractivity contribution < 1.29 is 14.7 Å². The van der Waals surface area contributed by atoms with E-state index >= 15 is 0 Å². The Balaban J connectivity index is 1.72. The fraction of sp³-hybridized carbons (Fsp3) is 0.235. The first-order valence-electron chi connectivity index (χ1n) is 7.14. The van der Waals surface area contributed by atoms with Crippen LogP contribution in [0.1, 0.15) is 17.5 Å². The molecule has 0 unspecified atom stereocenters. The second-order valence-electron chi connectivity index (χ2n) is 5.44. The quantitative estimate of drug-likeness (QED) is 0.938. The number of rotatable bonds is 4. The average molecular weight is 296 g/mol. The van der Waals surface area contributed by atoms with Crippen molar-refractivity contribution in [1.29, 1.82) is 0 Å². The first-order chi connectivity index (χ1) is 10.6. The molecule has 0 saturated carbocycles. The number of carbonyl (C=O) groups excluding carboxylic acids is 1. The van der Waals surface area contributed by atoms with E-state index in [-0.39, 0.29) is 18.9 Å². The molecule has 0 bridgehead atoms. The lowest BCUT2D eigenvalue weighted by Gasteiger charge is -2.16. The predicted octanol–water partition coefficient (Wildman–Crippen LogP) is 2.11. The fourth-order valence-corrected chi connectivity index (χ4v) is 2.65. The lowest BCUT2D eigenvalue weighted by Crippen LogP contribution is -2.25. The van der Waals surface area contributed by atoms with Gasteiger partial charge in [0.1, 0.15) is 0 Å². The molecule has 1 amide bonds. The second kappa shape index (κ2) is 5.97. The maximum absolute atomic E-state index is 11.9. The molecule has 1 N–H and O–H groups in total. The molecular formula is C17H16N2O3. The third-order valence-electron chi connectivity index (χ3n) is 3.88. The van der Waals surface area contributed by atoms with Crippen LogP contribution in [0.4, 0.5) is 5.69 Å². The minimum Gasteiger partial charge on any atom is -0.481 e. The van der Waals surface area contributed by atoms with Crippen LogP contribution in [0.3, 0.4) is 0 Å². The standard InChI is InChI=1S/C17H16N2O3/c20-16-10-14(17(21)22)11-19(16)15-3-1-12(2-4-15)9-13-5-7-18-8-6-13/h1-8,14H,9-11H2,(H,21,22)/t14-/m1/s1. The number of amides is 1. The molecule has 0 radical (unpaired) electrons. The highest BCUT2D eigenvalue weighted by molar-refractivity contribution is 5.99. The van der Waals surface area contributed by atoms with Crippen LogP contribution in [0.2, 0.25) is 0 Å². The van der Waals surface area contributed by atoms with Crippen LogP contribution < -0.4 is 4.90 Å². The maximum Gasteiger partial charge on any atom is 0.308 e. The van der Waals surface area contributed by atoms with Gasteiger partial charge in [0.25, 0.3) is 0 Å². The molecule has 2 heterocycles. The Morgan fingerprint density at radius 1 is 1.14 bits per heavy atom. The molecule has 1 aromatic heterocycles. The number of carbonyl (C=O) groups is 2. The van der Waals surface area contributed by atoms with Crippen molar-refractivity contribution in [2.24, 2.45) is 5.92 Å². The zero-order chi connectivity index (χ0) is 15.5. The second-order valence-corrected chi connectivity index (χ2v) is 5.44. The van der Waals surface area contributed by atoms with Gasteiger partial charge in [-0.15, -0.1) is 0 Å². The molecule has 3 rings (SSSR count). The molecule has 112 valence electrons. The number of benzene rings is 1. The first-order valence-corrected chi connectivity index (χ1v) is 7.14. The molecule has 1 aromatic carbocycles. The molecule has 0 aliphatic carbocycles. The molecule has 1 aliphatic rings. The molecule has 0 spiro atoms. The van der Waals surface area contributed by atoms with Gasteiger partial charge >= 0.3 is 5.97 Å². The van der Waals surface area contributed by atoms with Gasteiger partial charge in [-0.1, -0.05) is 12.1 Å². The van der Waals surface area contributed by atoms with Gasteiger partial charge in [0.05, 0.1) is 5.92 Å². The number of carboxylic acid groups (broad SMARTS) is 1. The smallest absolute Gasteiger partial charge is 0.308 e. The average Bonchev–Trinajstić information content (AvgIpc) is 2.91. The van der Waals surface area contributed by atoms with E-state index < -0.39 is 11.9 Å². The van der Waals surface area contributed by atoms with Crippen LogP contribution in [0.25, 0.3) is 0 Å². The molecule has 1 atom stereocenters. The lowest BCUT2D eigenvalue weighted by molar-refractivity contribution is -0.141. The van der Waals surface area contributed by atoms with Crippen molar-refractivity contribution >= 4 is 17.6 Å². The van der Waals surface area contributed by atoms with Gasteiger partial charge < -0.3 is 10.0 Å². The van der Waals surface area contributed by atoms with Gasteiger partial charge in [-0.25, -0.2) is 0 Å². The highest BCUT2D eigenvalue weighted by Gasteiger charge is 2.34. The largest absolute Gasteiger partial charge is 0.481 e. The summed E-state index contributed by atoms with van der Waals surface area (Å²) in [5, 5.41) is 9.02. The number of nitrogens with zero attached hydrogens (tertiary/aromatic N) is 2. The summed E-state index contributed by atoms with van der Waals surface area (Å²) in [5.74, 6) is -1.65. The van der Waals surface area contributed by atoms with Gasteiger partial charge in [0.2, 0.25) is 5.91 Å². The highest BCUT2D eigenvalue weighted by atomic mass is 16.4. The molecule has 1 saturated heterocycles. The number of hydrogen-bond donors (Lipinski definition) is 1. The van der Waals surface area contributed by atoms with E-state index in [0.717, 1.165) is 17.7 Å². The number of hydrogen-bond acceptors (Lipinski definition) is 3. The summed E-state index contributed by atoms with van der Waals surface area (Å²) in [6.07, 6.45) is 4.40. The summed E-state index contributed by atoms with van der Waals surface area (Å²) in [5.41, 5.74) is 3.06. The number of aliphatic carboxylic acids is 1. The zero-order valence-electron chi connectivity index (χ0n) is 12.0. The van der Waals surface area contributed by atoms with Crippen LogP contribution in [0.15, 0.2) is 48.8 Å². The van der Waals surface area contributed by atoms with Gasteiger partial charge in [-0.05, 0) is 41.8 Å². The van der Waals surface area contributed by atoms with E-state index in [4.69, 9.17) is 5.11 Å². The fourth-order valence-electron chi connectivity index (χ4n) is 2.65. The highest BCUT2D eigenvalue weighted by Crippen LogP contribution is 2.25. The van der Waals surface area contributed by atoms with E-state index in [1.165, 1.54) is 5.56 Å². The van der Waals surface area contributed by atoms with Crippen molar-refractivity contribution in [2.45, 2.75) is 12.8 Å². The first kappa shape index (κ1) is 14.3. The van der Waals surface area contributed by atoms with Gasteiger partial charge in [0.15, 0.2) is 0 Å². The van der Waals surface area contributed by atoms with Gasteiger partial charge in [-0.3, -0.25) is 14.6 Å². The van der Waals surface area contributed by atoms with Crippen LogP contribution in [0.5, 0.6) is 0 Å². The van der Waals surface area contributed by atoms with Crippen molar-refractivity contribution in [3.63, 3.8) is 0 Å². The van der Waals surface area contributed by atoms with Crippen LogP contribution >= 0.6 is 0 Å². The van der Waals surface area contributed by atoms with Crippen LogP contribution in [-0.4, -0.2) is 28.5 Å². The predicted molar refractivity (Wildman–Crippen MR) is 81.6 cm³/mol. The zero-order valence-corrected chi connectivity index (χ0v) is 12.0. The maximum atomic E-state index is 11.9.